The molecule has 2 aromatic rings. The first-order chi connectivity index (χ1) is 12.2. The molecule has 1 aromatic heterocycles. The van der Waals surface area contributed by atoms with Crippen LogP contribution in [0, 0.1) is 0 Å². The lowest BCUT2D eigenvalue weighted by molar-refractivity contribution is 0.0243. The number of benzene rings is 1. The minimum Gasteiger partial charge on any atom is -0.494 e. The van der Waals surface area contributed by atoms with Crippen LogP contribution in [0.5, 0.6) is 17.4 Å². The van der Waals surface area contributed by atoms with Gasteiger partial charge in [0.2, 0.25) is 0 Å². The average Bonchev–Trinajstić information content (AvgIpc) is 2.63. The van der Waals surface area contributed by atoms with E-state index >= 15 is 0 Å². The van der Waals surface area contributed by atoms with Gasteiger partial charge in [-0.1, -0.05) is 11.6 Å². The molecule has 2 rings (SSSR count). The molecule has 0 saturated carbocycles. The van der Waals surface area contributed by atoms with E-state index < -0.39 is 0 Å². The lowest BCUT2D eigenvalue weighted by Crippen LogP contribution is -2.12. The Morgan fingerprint density at radius 2 is 1.44 bits per heavy atom. The van der Waals surface area contributed by atoms with Crippen LogP contribution in [0.4, 0.5) is 0 Å². The molecule has 0 fully saturated rings. The van der Waals surface area contributed by atoms with E-state index in [0.29, 0.717) is 49.0 Å². The number of aromatic nitrogens is 2. The van der Waals surface area contributed by atoms with Crippen LogP contribution < -0.4 is 14.2 Å². The molecule has 0 atom stereocenters. The van der Waals surface area contributed by atoms with Crippen LogP contribution >= 0.6 is 11.6 Å². The normalized spacial score (nSPS) is 10.9. The van der Waals surface area contributed by atoms with Gasteiger partial charge >= 0.3 is 0 Å². The zero-order chi connectivity index (χ0) is 18.1. The topological polar surface area (TPSA) is 92.2 Å². The predicted octanol–water partition coefficient (Wildman–Crippen LogP) is 1.70. The number of aliphatic hydroxyl groups excluding tert-OH is 1. The Morgan fingerprint density at radius 1 is 0.880 bits per heavy atom. The van der Waals surface area contributed by atoms with Crippen molar-refractivity contribution >= 4 is 22.6 Å². The summed E-state index contributed by atoms with van der Waals surface area (Å²) in [6.07, 6.45) is 0. The van der Waals surface area contributed by atoms with Gasteiger partial charge in [-0.2, -0.15) is 0 Å². The highest BCUT2D eigenvalue weighted by atomic mass is 35.5. The second kappa shape index (κ2) is 10.2. The van der Waals surface area contributed by atoms with Crippen molar-refractivity contribution in [2.24, 2.45) is 0 Å². The summed E-state index contributed by atoms with van der Waals surface area (Å²) >= 11 is 6.15. The summed E-state index contributed by atoms with van der Waals surface area (Å²) in [6.45, 7) is 1.71. The van der Waals surface area contributed by atoms with Gasteiger partial charge in [-0.15, -0.1) is 0 Å². The fraction of sp³-hybridized carbons (Fsp3) is 0.500. The number of methoxy groups -OCH3 is 2. The maximum Gasteiger partial charge on any atom is 0.252 e. The van der Waals surface area contributed by atoms with Gasteiger partial charge in [0.25, 0.3) is 5.88 Å². The molecule has 0 aliphatic carbocycles. The number of hydrogen-bond acceptors (Lipinski definition) is 8. The van der Waals surface area contributed by atoms with Crippen molar-refractivity contribution in [3.05, 3.63) is 17.3 Å². The van der Waals surface area contributed by atoms with Crippen molar-refractivity contribution in [3.8, 4) is 17.4 Å². The molecule has 9 heteroatoms. The minimum absolute atomic E-state index is 0.00348. The third kappa shape index (κ3) is 5.30. The highest BCUT2D eigenvalue weighted by molar-refractivity contribution is 6.31. The Balaban J connectivity index is 1.98. The number of ether oxygens (including phenoxy) is 5. The number of nitrogens with zero attached hydrogens (tertiary/aromatic N) is 2. The lowest BCUT2D eigenvalue weighted by Gasteiger charge is -2.12. The smallest absolute Gasteiger partial charge is 0.252 e. The molecule has 0 aliphatic heterocycles. The number of hydrogen-bond donors (Lipinski definition) is 1. The zero-order valence-corrected chi connectivity index (χ0v) is 14.9. The van der Waals surface area contributed by atoms with E-state index in [1.165, 1.54) is 0 Å². The van der Waals surface area contributed by atoms with Crippen molar-refractivity contribution in [1.29, 1.82) is 0 Å². The lowest BCUT2D eigenvalue weighted by atomic mass is 10.2. The predicted molar refractivity (Wildman–Crippen MR) is 91.9 cm³/mol. The van der Waals surface area contributed by atoms with Crippen molar-refractivity contribution in [1.82, 2.24) is 9.97 Å². The summed E-state index contributed by atoms with van der Waals surface area (Å²) in [5.41, 5.74) is 0.996. The van der Waals surface area contributed by atoms with Gasteiger partial charge in [-0.3, -0.25) is 0 Å². The summed E-state index contributed by atoms with van der Waals surface area (Å²) in [4.78, 5) is 8.68. The Morgan fingerprint density at radius 3 is 2.04 bits per heavy atom. The number of fused-ring (bicyclic) bond motifs is 1. The van der Waals surface area contributed by atoms with Crippen LogP contribution in [0.1, 0.15) is 0 Å². The zero-order valence-electron chi connectivity index (χ0n) is 14.2. The van der Waals surface area contributed by atoms with E-state index in [-0.39, 0.29) is 24.2 Å². The van der Waals surface area contributed by atoms with Gasteiger partial charge in [0, 0.05) is 0 Å². The Bertz CT molecular complexity index is 685. The van der Waals surface area contributed by atoms with E-state index in [0.717, 1.165) is 0 Å². The van der Waals surface area contributed by atoms with Crippen LogP contribution in [0.15, 0.2) is 12.1 Å². The highest BCUT2D eigenvalue weighted by Gasteiger charge is 2.15. The minimum atomic E-state index is -0.00348. The molecule has 25 heavy (non-hydrogen) atoms. The maximum atomic E-state index is 8.58. The summed E-state index contributed by atoms with van der Waals surface area (Å²) in [6, 6.07) is 3.47. The van der Waals surface area contributed by atoms with E-state index in [1.807, 2.05) is 0 Å². The molecule has 0 amide bonds. The Hall–Kier alpha value is -1.87. The summed E-state index contributed by atoms with van der Waals surface area (Å²) in [5, 5.41) is 8.71. The van der Waals surface area contributed by atoms with Gasteiger partial charge in [0.15, 0.2) is 5.15 Å². The van der Waals surface area contributed by atoms with E-state index in [2.05, 4.69) is 9.97 Å². The molecular formula is C16H21ClN2O6. The second-order valence-corrected chi connectivity index (χ2v) is 5.14. The SMILES string of the molecule is COc1ccc(OC)c2nc(OCCOCCOCCO)c(Cl)nc12. The molecule has 1 heterocycles. The summed E-state index contributed by atoms with van der Waals surface area (Å²) in [5.74, 6) is 1.28. The third-order valence-corrected chi connectivity index (χ3v) is 3.44. The van der Waals surface area contributed by atoms with Crippen molar-refractivity contribution in [3.63, 3.8) is 0 Å². The van der Waals surface area contributed by atoms with Crippen molar-refractivity contribution in [2.75, 3.05) is 53.9 Å². The number of rotatable bonds is 11. The van der Waals surface area contributed by atoms with Crippen LogP contribution in [-0.4, -0.2) is 68.9 Å². The molecule has 0 unspecified atom stereocenters. The monoisotopic (exact) mass is 372 g/mol. The molecule has 1 aromatic carbocycles. The average molecular weight is 373 g/mol. The summed E-state index contributed by atoms with van der Waals surface area (Å²) < 4.78 is 26.5. The highest BCUT2D eigenvalue weighted by Crippen LogP contribution is 2.34. The second-order valence-electron chi connectivity index (χ2n) is 4.78. The quantitative estimate of drug-likeness (QED) is 0.596. The molecule has 138 valence electrons. The first-order valence-corrected chi connectivity index (χ1v) is 8.06. The van der Waals surface area contributed by atoms with E-state index in [1.54, 1.807) is 26.4 Å². The first-order valence-electron chi connectivity index (χ1n) is 7.68. The van der Waals surface area contributed by atoms with Crippen LogP contribution in [0.2, 0.25) is 5.15 Å². The summed E-state index contributed by atoms with van der Waals surface area (Å²) in [7, 11) is 3.09. The molecular weight excluding hydrogens is 352 g/mol. The molecule has 0 saturated heterocycles. The van der Waals surface area contributed by atoms with Gasteiger partial charge in [-0.05, 0) is 12.1 Å². The van der Waals surface area contributed by atoms with Gasteiger partial charge in [0.1, 0.15) is 29.1 Å². The fourth-order valence-corrected chi connectivity index (χ4v) is 2.24. The van der Waals surface area contributed by atoms with Crippen LogP contribution in [0.3, 0.4) is 0 Å². The standard InChI is InChI=1S/C16H21ClN2O6/c1-21-11-3-4-12(22-2)14-13(11)18-15(17)16(19-14)25-10-9-24-8-7-23-6-5-20/h3-4,20H,5-10H2,1-2H3. The molecule has 0 aliphatic rings. The molecule has 0 radical (unpaired) electrons. The molecule has 8 nitrogen and oxygen atoms in total. The third-order valence-electron chi connectivity index (χ3n) is 3.19. The number of halogens is 1. The molecule has 1 N–H and O–H groups in total. The van der Waals surface area contributed by atoms with Gasteiger partial charge in [0.05, 0.1) is 47.3 Å². The molecule has 0 bridgehead atoms. The number of aliphatic hydroxyl groups is 1. The van der Waals surface area contributed by atoms with E-state index in [9.17, 15) is 0 Å². The Labute approximate surface area is 150 Å². The van der Waals surface area contributed by atoms with Crippen molar-refractivity contribution < 1.29 is 28.8 Å². The van der Waals surface area contributed by atoms with Crippen LogP contribution in [0.25, 0.3) is 11.0 Å². The largest absolute Gasteiger partial charge is 0.494 e. The van der Waals surface area contributed by atoms with Crippen molar-refractivity contribution in [2.45, 2.75) is 0 Å². The van der Waals surface area contributed by atoms with Gasteiger partial charge in [-0.25, -0.2) is 9.97 Å². The Kier molecular flexibility index (Phi) is 7.93. The van der Waals surface area contributed by atoms with Crippen LogP contribution in [-0.2, 0) is 9.47 Å². The molecule has 0 spiro atoms. The van der Waals surface area contributed by atoms with E-state index in [4.69, 9.17) is 40.4 Å². The maximum absolute atomic E-state index is 8.58. The van der Waals surface area contributed by atoms with Gasteiger partial charge < -0.3 is 28.8 Å². The first kappa shape index (κ1) is 19.5. The fourth-order valence-electron chi connectivity index (χ4n) is 2.06.